The van der Waals surface area contributed by atoms with Gasteiger partial charge in [0.2, 0.25) is 0 Å². The molecule has 6 heteroatoms. The first-order valence-corrected chi connectivity index (χ1v) is 3.84. The molecule has 0 spiro atoms. The number of amides is 4. The van der Waals surface area contributed by atoms with Crippen molar-refractivity contribution < 1.29 is 14.4 Å². The summed E-state index contributed by atoms with van der Waals surface area (Å²) >= 11 is 3.90. The van der Waals surface area contributed by atoms with Crippen LogP contribution in [0.1, 0.15) is 13.3 Å². The molecule has 66 valence electrons. The van der Waals surface area contributed by atoms with Gasteiger partial charge in [-0.05, 0) is 6.42 Å². The van der Waals surface area contributed by atoms with E-state index in [0.29, 0.717) is 0 Å². The van der Waals surface area contributed by atoms with Crippen LogP contribution in [0.4, 0.5) is 4.79 Å². The fourth-order valence-corrected chi connectivity index (χ4v) is 0.980. The third kappa shape index (κ3) is 1.18. The molecule has 1 aliphatic rings. The summed E-state index contributed by atoms with van der Waals surface area (Å²) in [4.78, 5) is 32.8. The van der Waals surface area contributed by atoms with Crippen LogP contribution in [-0.2, 0) is 9.59 Å². The number of hydrogen-bond donors (Lipinski definition) is 3. The van der Waals surface area contributed by atoms with Crippen LogP contribution in [0.5, 0.6) is 0 Å². The van der Waals surface area contributed by atoms with E-state index >= 15 is 0 Å². The van der Waals surface area contributed by atoms with Crippen LogP contribution >= 0.6 is 12.6 Å². The van der Waals surface area contributed by atoms with Crippen molar-refractivity contribution in [2.24, 2.45) is 0 Å². The van der Waals surface area contributed by atoms with Crippen molar-refractivity contribution in [1.82, 2.24) is 10.6 Å². The highest BCUT2D eigenvalue weighted by Crippen LogP contribution is 2.21. The number of nitrogens with one attached hydrogen (secondary N) is 2. The quantitative estimate of drug-likeness (QED) is 0.381. The lowest BCUT2D eigenvalue weighted by molar-refractivity contribution is -0.133. The number of carbonyl (C=O) groups excluding carboxylic acids is 3. The Morgan fingerprint density at radius 3 is 2.00 bits per heavy atom. The maximum atomic E-state index is 11.1. The molecule has 2 N–H and O–H groups in total. The zero-order valence-electron chi connectivity index (χ0n) is 6.38. The molecule has 1 fully saturated rings. The van der Waals surface area contributed by atoms with Crippen LogP contribution in [0.2, 0.25) is 0 Å². The number of barbiturate groups is 1. The minimum Gasteiger partial charge on any atom is -0.276 e. The summed E-state index contributed by atoms with van der Waals surface area (Å²) in [7, 11) is 0. The summed E-state index contributed by atoms with van der Waals surface area (Å²) in [6.45, 7) is 1.64. The second kappa shape index (κ2) is 2.78. The highest BCUT2D eigenvalue weighted by atomic mass is 32.1. The summed E-state index contributed by atoms with van der Waals surface area (Å²) in [6, 6.07) is -0.789. The molecule has 0 aromatic rings. The SMILES string of the molecule is CCC1(S)C(=O)NC(=O)NC1=O. The van der Waals surface area contributed by atoms with Crippen LogP contribution in [0, 0.1) is 0 Å². The molecule has 12 heavy (non-hydrogen) atoms. The monoisotopic (exact) mass is 188 g/mol. The summed E-state index contributed by atoms with van der Waals surface area (Å²) in [5.74, 6) is -1.33. The predicted molar refractivity (Wildman–Crippen MR) is 43.7 cm³/mol. The van der Waals surface area contributed by atoms with E-state index in [2.05, 4.69) is 12.6 Å². The van der Waals surface area contributed by atoms with Crippen LogP contribution < -0.4 is 10.6 Å². The van der Waals surface area contributed by atoms with Gasteiger partial charge < -0.3 is 0 Å². The Hall–Kier alpha value is -1.04. The van der Waals surface area contributed by atoms with Crippen LogP contribution in [0.25, 0.3) is 0 Å². The van der Waals surface area contributed by atoms with Gasteiger partial charge in [-0.2, -0.15) is 12.6 Å². The number of hydrogen-bond acceptors (Lipinski definition) is 4. The largest absolute Gasteiger partial charge is 0.328 e. The Morgan fingerprint density at radius 2 is 1.67 bits per heavy atom. The molecule has 1 rings (SSSR count). The smallest absolute Gasteiger partial charge is 0.276 e. The highest BCUT2D eigenvalue weighted by molar-refractivity contribution is 7.83. The normalized spacial score (nSPS) is 21.7. The summed E-state index contributed by atoms with van der Waals surface area (Å²) in [5.41, 5.74) is 0. The van der Waals surface area contributed by atoms with E-state index in [0.717, 1.165) is 0 Å². The van der Waals surface area contributed by atoms with Gasteiger partial charge in [-0.1, -0.05) is 6.92 Å². The van der Waals surface area contributed by atoms with Crippen molar-refractivity contribution >= 4 is 30.5 Å². The highest BCUT2D eigenvalue weighted by Gasteiger charge is 2.45. The molecule has 0 bridgehead atoms. The zero-order chi connectivity index (χ0) is 9.35. The minimum absolute atomic E-state index is 0.237. The van der Waals surface area contributed by atoms with E-state index < -0.39 is 22.6 Å². The molecule has 0 aromatic heterocycles. The molecule has 5 nitrogen and oxygen atoms in total. The first-order valence-electron chi connectivity index (χ1n) is 3.40. The summed E-state index contributed by atoms with van der Waals surface area (Å²) in [6.07, 6.45) is 0.237. The fourth-order valence-electron chi connectivity index (χ4n) is 0.868. The van der Waals surface area contributed by atoms with Gasteiger partial charge in [0, 0.05) is 0 Å². The van der Waals surface area contributed by atoms with Crippen molar-refractivity contribution in [3.8, 4) is 0 Å². The lowest BCUT2D eigenvalue weighted by Gasteiger charge is -2.27. The topological polar surface area (TPSA) is 75.3 Å². The van der Waals surface area contributed by atoms with Crippen molar-refractivity contribution in [1.29, 1.82) is 0 Å². The summed E-state index contributed by atoms with van der Waals surface area (Å²) in [5, 5.41) is 3.93. The van der Waals surface area contributed by atoms with Gasteiger partial charge in [0.25, 0.3) is 11.8 Å². The molecule has 0 saturated carbocycles. The summed E-state index contributed by atoms with van der Waals surface area (Å²) < 4.78 is -1.41. The second-order valence-corrected chi connectivity index (χ2v) is 3.21. The molecule has 1 aliphatic heterocycles. The maximum absolute atomic E-state index is 11.1. The van der Waals surface area contributed by atoms with E-state index in [4.69, 9.17) is 0 Å². The average Bonchev–Trinajstić information content (AvgIpc) is 2.00. The van der Waals surface area contributed by atoms with Crippen molar-refractivity contribution in [2.75, 3.05) is 0 Å². The Morgan fingerprint density at radius 1 is 1.25 bits per heavy atom. The zero-order valence-corrected chi connectivity index (χ0v) is 7.27. The lowest BCUT2D eigenvalue weighted by atomic mass is 10.0. The van der Waals surface area contributed by atoms with E-state index in [-0.39, 0.29) is 6.42 Å². The molecule has 0 radical (unpaired) electrons. The van der Waals surface area contributed by atoms with Crippen molar-refractivity contribution in [3.63, 3.8) is 0 Å². The van der Waals surface area contributed by atoms with Crippen molar-refractivity contribution in [2.45, 2.75) is 18.1 Å². The van der Waals surface area contributed by atoms with E-state index in [9.17, 15) is 14.4 Å². The molecule has 0 atom stereocenters. The van der Waals surface area contributed by atoms with Crippen molar-refractivity contribution in [3.05, 3.63) is 0 Å². The van der Waals surface area contributed by atoms with E-state index in [1.807, 2.05) is 10.6 Å². The van der Waals surface area contributed by atoms with Gasteiger partial charge in [0.05, 0.1) is 0 Å². The molecule has 0 unspecified atom stereocenters. The standard InChI is InChI=1S/C6H8N2O3S/c1-2-6(12)3(9)7-5(11)8-4(6)10/h12H,2H2,1H3,(H2,7,8,9,10,11). The number of rotatable bonds is 1. The Labute approximate surface area is 74.3 Å². The van der Waals surface area contributed by atoms with Gasteiger partial charge in [0.15, 0.2) is 4.75 Å². The molecular weight excluding hydrogens is 180 g/mol. The minimum atomic E-state index is -1.41. The lowest BCUT2D eigenvalue weighted by Crippen LogP contribution is -2.63. The van der Waals surface area contributed by atoms with Crippen LogP contribution in [0.3, 0.4) is 0 Å². The molecule has 1 saturated heterocycles. The second-order valence-electron chi connectivity index (χ2n) is 2.45. The molecule has 1 heterocycles. The first-order chi connectivity index (χ1) is 5.50. The number of imide groups is 2. The molecule has 0 aliphatic carbocycles. The third-order valence-corrected chi connectivity index (χ3v) is 2.44. The molecular formula is C6H8N2O3S. The number of urea groups is 1. The Balaban J connectivity index is 2.95. The van der Waals surface area contributed by atoms with Gasteiger partial charge in [-0.15, -0.1) is 0 Å². The number of thiol groups is 1. The first kappa shape index (κ1) is 9.05. The van der Waals surface area contributed by atoms with Gasteiger partial charge >= 0.3 is 6.03 Å². The fraction of sp³-hybridized carbons (Fsp3) is 0.500. The maximum Gasteiger partial charge on any atom is 0.328 e. The number of carbonyl (C=O) groups is 3. The van der Waals surface area contributed by atoms with Gasteiger partial charge in [0.1, 0.15) is 0 Å². The average molecular weight is 188 g/mol. The third-order valence-electron chi connectivity index (χ3n) is 1.72. The van der Waals surface area contributed by atoms with Crippen LogP contribution in [0.15, 0.2) is 0 Å². The molecule has 4 amide bonds. The van der Waals surface area contributed by atoms with Crippen LogP contribution in [-0.4, -0.2) is 22.6 Å². The molecule has 0 aromatic carbocycles. The Kier molecular flexibility index (Phi) is 2.10. The van der Waals surface area contributed by atoms with Gasteiger partial charge in [-0.25, -0.2) is 4.79 Å². The predicted octanol–water partition coefficient (Wildman–Crippen LogP) is -0.569. The van der Waals surface area contributed by atoms with E-state index in [1.54, 1.807) is 6.92 Å². The van der Waals surface area contributed by atoms with E-state index in [1.165, 1.54) is 0 Å². The Bertz CT molecular complexity index is 244. The van der Waals surface area contributed by atoms with Gasteiger partial charge in [-0.3, -0.25) is 20.2 Å².